The van der Waals surface area contributed by atoms with E-state index >= 15 is 0 Å². The number of anilines is 3. The molecule has 0 spiro atoms. The molecule has 2 rings (SSSR count). The molecule has 0 radical (unpaired) electrons. The molecule has 9 heteroatoms. The summed E-state index contributed by atoms with van der Waals surface area (Å²) in [5, 5.41) is 5.02. The molecule has 0 bridgehead atoms. The zero-order chi connectivity index (χ0) is 17.9. The fourth-order valence-corrected chi connectivity index (χ4v) is 1.80. The summed E-state index contributed by atoms with van der Waals surface area (Å²) >= 11 is 0. The molecule has 0 unspecified atom stereocenters. The first-order valence-electron chi connectivity index (χ1n) is 7.05. The minimum Gasteiger partial charge on any atom is -0.399 e. The molecule has 1 amide bonds. The van der Waals surface area contributed by atoms with Gasteiger partial charge in [-0.1, -0.05) is 0 Å². The van der Waals surface area contributed by atoms with Crippen molar-refractivity contribution in [1.29, 1.82) is 0 Å². The van der Waals surface area contributed by atoms with Crippen LogP contribution >= 0.6 is 0 Å². The van der Waals surface area contributed by atoms with Crippen LogP contribution in [0.15, 0.2) is 30.3 Å². The van der Waals surface area contributed by atoms with Crippen molar-refractivity contribution in [2.24, 2.45) is 0 Å². The maximum absolute atomic E-state index is 12.9. The molecule has 0 atom stereocenters. The second-order valence-electron chi connectivity index (χ2n) is 5.33. The average molecular weight is 339 g/mol. The van der Waals surface area contributed by atoms with E-state index in [0.29, 0.717) is 11.8 Å². The van der Waals surface area contributed by atoms with Gasteiger partial charge in [0.15, 0.2) is 5.69 Å². The van der Waals surface area contributed by atoms with Crippen LogP contribution in [0.5, 0.6) is 0 Å². The Hall–Kier alpha value is -2.84. The van der Waals surface area contributed by atoms with Crippen molar-refractivity contribution in [2.45, 2.75) is 26.1 Å². The first kappa shape index (κ1) is 17.5. The lowest BCUT2D eigenvalue weighted by molar-refractivity contribution is -0.141. The summed E-state index contributed by atoms with van der Waals surface area (Å²) in [4.78, 5) is 19.4. The van der Waals surface area contributed by atoms with Gasteiger partial charge in [0, 0.05) is 23.4 Å². The van der Waals surface area contributed by atoms with Crippen LogP contribution in [0.2, 0.25) is 0 Å². The Morgan fingerprint density at radius 2 is 1.79 bits per heavy atom. The molecule has 0 aliphatic rings. The van der Waals surface area contributed by atoms with Gasteiger partial charge in [-0.15, -0.1) is 0 Å². The van der Waals surface area contributed by atoms with E-state index in [1.54, 1.807) is 13.8 Å². The normalized spacial score (nSPS) is 11.4. The van der Waals surface area contributed by atoms with Crippen LogP contribution in [-0.2, 0) is 6.18 Å². The van der Waals surface area contributed by atoms with Crippen molar-refractivity contribution in [1.82, 2.24) is 9.97 Å². The number of halogens is 3. The maximum atomic E-state index is 12.9. The van der Waals surface area contributed by atoms with Gasteiger partial charge in [-0.05, 0) is 38.1 Å². The topological polar surface area (TPSA) is 92.9 Å². The smallest absolute Gasteiger partial charge is 0.399 e. The third-order valence-corrected chi connectivity index (χ3v) is 2.85. The van der Waals surface area contributed by atoms with Gasteiger partial charge in [0.05, 0.1) is 0 Å². The first-order chi connectivity index (χ1) is 11.1. The Morgan fingerprint density at radius 3 is 2.33 bits per heavy atom. The third kappa shape index (κ3) is 4.58. The molecular formula is C15H16F3N5O. The van der Waals surface area contributed by atoms with Crippen LogP contribution in [0, 0.1) is 0 Å². The second kappa shape index (κ2) is 6.73. The van der Waals surface area contributed by atoms with Crippen LogP contribution in [0.1, 0.15) is 29.9 Å². The Balaban J connectivity index is 2.31. The van der Waals surface area contributed by atoms with E-state index in [1.165, 1.54) is 24.3 Å². The van der Waals surface area contributed by atoms with Gasteiger partial charge in [0.2, 0.25) is 5.95 Å². The average Bonchev–Trinajstić information content (AvgIpc) is 2.46. The molecule has 1 aromatic heterocycles. The number of hydrogen-bond donors (Lipinski definition) is 3. The van der Waals surface area contributed by atoms with Crippen LogP contribution in [0.3, 0.4) is 0 Å². The van der Waals surface area contributed by atoms with Gasteiger partial charge in [-0.3, -0.25) is 4.79 Å². The summed E-state index contributed by atoms with van der Waals surface area (Å²) in [5.74, 6) is -1.06. The molecule has 0 fully saturated rings. The number of carbonyl (C=O) groups is 1. The Labute approximate surface area is 136 Å². The lowest BCUT2D eigenvalue weighted by Gasteiger charge is -2.13. The molecule has 4 N–H and O–H groups in total. The van der Waals surface area contributed by atoms with Gasteiger partial charge in [0.25, 0.3) is 5.91 Å². The summed E-state index contributed by atoms with van der Waals surface area (Å²) < 4.78 is 38.8. The van der Waals surface area contributed by atoms with Crippen LogP contribution in [0.25, 0.3) is 0 Å². The number of aromatic nitrogens is 2. The van der Waals surface area contributed by atoms with Gasteiger partial charge in [0.1, 0.15) is 5.82 Å². The highest BCUT2D eigenvalue weighted by Crippen LogP contribution is 2.29. The zero-order valence-corrected chi connectivity index (χ0v) is 13.0. The molecule has 0 aliphatic carbocycles. The monoisotopic (exact) mass is 339 g/mol. The van der Waals surface area contributed by atoms with Crippen molar-refractivity contribution in [3.8, 4) is 0 Å². The number of carbonyl (C=O) groups excluding carboxylic acids is 1. The summed E-state index contributed by atoms with van der Waals surface area (Å²) in [5.41, 5.74) is 5.10. The fraction of sp³-hybridized carbons (Fsp3) is 0.267. The first-order valence-corrected chi connectivity index (χ1v) is 7.05. The fourth-order valence-electron chi connectivity index (χ4n) is 1.80. The van der Waals surface area contributed by atoms with Crippen molar-refractivity contribution in [2.75, 3.05) is 16.4 Å². The highest BCUT2D eigenvalue weighted by atomic mass is 19.4. The molecule has 6 nitrogen and oxygen atoms in total. The summed E-state index contributed by atoms with van der Waals surface area (Å²) in [6.45, 7) is 3.46. The number of nitrogens with zero attached hydrogens (tertiary/aromatic N) is 2. The largest absolute Gasteiger partial charge is 0.433 e. The Bertz CT molecular complexity index is 729. The molecule has 0 aliphatic heterocycles. The highest BCUT2D eigenvalue weighted by Gasteiger charge is 2.34. The van der Waals surface area contributed by atoms with Crippen LogP contribution in [0.4, 0.5) is 30.6 Å². The van der Waals surface area contributed by atoms with E-state index in [-0.39, 0.29) is 23.4 Å². The minimum absolute atomic E-state index is 0.172. The lowest BCUT2D eigenvalue weighted by Crippen LogP contribution is -2.19. The quantitative estimate of drug-likeness (QED) is 0.744. The maximum Gasteiger partial charge on any atom is 0.433 e. The molecule has 128 valence electrons. The summed E-state index contributed by atoms with van der Waals surface area (Å²) in [7, 11) is 0. The number of alkyl halides is 3. The second-order valence-corrected chi connectivity index (χ2v) is 5.33. The van der Waals surface area contributed by atoms with Crippen LogP contribution in [-0.4, -0.2) is 21.9 Å². The predicted molar refractivity (Wildman–Crippen MR) is 84.6 cm³/mol. The standard InChI is InChI=1S/C15H16F3N5O/c1-8(2)20-14-21-11(15(16,17)18)7-12(23-14)22-13(24)9-3-5-10(19)6-4-9/h3-8H,19H2,1-2H3,(H2,20,21,22,23,24). The molecule has 2 aromatic rings. The number of amides is 1. The lowest BCUT2D eigenvalue weighted by atomic mass is 10.2. The predicted octanol–water partition coefficient (Wildman–Crippen LogP) is 3.15. The summed E-state index contributed by atoms with van der Waals surface area (Å²) in [6, 6.07) is 6.46. The highest BCUT2D eigenvalue weighted by molar-refractivity contribution is 6.04. The number of nitrogen functional groups attached to an aromatic ring is 1. The van der Waals surface area contributed by atoms with Gasteiger partial charge in [-0.2, -0.15) is 18.2 Å². The van der Waals surface area contributed by atoms with E-state index in [4.69, 9.17) is 5.73 Å². The SMILES string of the molecule is CC(C)Nc1nc(NC(=O)c2ccc(N)cc2)cc(C(F)(F)F)n1. The van der Waals surface area contributed by atoms with Crippen molar-refractivity contribution in [3.63, 3.8) is 0 Å². The summed E-state index contributed by atoms with van der Waals surface area (Å²) in [6.07, 6.45) is -4.66. The van der Waals surface area contributed by atoms with Gasteiger partial charge >= 0.3 is 6.18 Å². The number of rotatable bonds is 4. The molecular weight excluding hydrogens is 323 g/mol. The number of hydrogen-bond acceptors (Lipinski definition) is 5. The zero-order valence-electron chi connectivity index (χ0n) is 13.0. The number of nitrogens with one attached hydrogen (secondary N) is 2. The Morgan fingerprint density at radius 1 is 1.17 bits per heavy atom. The molecule has 1 heterocycles. The molecule has 0 saturated carbocycles. The van der Waals surface area contributed by atoms with E-state index in [1.807, 2.05) is 0 Å². The van der Waals surface area contributed by atoms with Crippen molar-refractivity contribution < 1.29 is 18.0 Å². The number of nitrogens with two attached hydrogens (primary N) is 1. The van der Waals surface area contributed by atoms with Crippen molar-refractivity contribution in [3.05, 3.63) is 41.6 Å². The van der Waals surface area contributed by atoms with Crippen LogP contribution < -0.4 is 16.4 Å². The third-order valence-electron chi connectivity index (χ3n) is 2.85. The van der Waals surface area contributed by atoms with Crippen molar-refractivity contribution >= 4 is 23.4 Å². The Kier molecular flexibility index (Phi) is 4.91. The van der Waals surface area contributed by atoms with Gasteiger partial charge < -0.3 is 16.4 Å². The molecule has 1 aromatic carbocycles. The van der Waals surface area contributed by atoms with Gasteiger partial charge in [-0.25, -0.2) is 4.98 Å². The van der Waals surface area contributed by atoms with E-state index in [0.717, 1.165) is 0 Å². The minimum atomic E-state index is -4.66. The van der Waals surface area contributed by atoms with E-state index in [9.17, 15) is 18.0 Å². The van der Waals surface area contributed by atoms with E-state index < -0.39 is 17.8 Å². The van der Waals surface area contributed by atoms with E-state index in [2.05, 4.69) is 20.6 Å². The number of benzene rings is 1. The molecule has 0 saturated heterocycles. The molecule has 24 heavy (non-hydrogen) atoms.